The molecule has 1 fully saturated rings. The molecule has 2 unspecified atom stereocenters. The SMILES string of the molecule is CC(C)=C(C(=O)O)N1C(=O)C(NC=O)C1S. The van der Waals surface area contributed by atoms with Crippen molar-refractivity contribution in [3.05, 3.63) is 11.3 Å². The highest BCUT2D eigenvalue weighted by molar-refractivity contribution is 7.81. The number of carboxylic acids is 1. The molecule has 2 N–H and O–H groups in total. The maximum Gasteiger partial charge on any atom is 0.352 e. The molecule has 1 rings (SSSR count). The molecule has 0 bridgehead atoms. The number of β-lactam (4-membered cyclic amide) rings is 1. The van der Waals surface area contributed by atoms with E-state index in [4.69, 9.17) is 5.11 Å². The molecule has 7 heteroatoms. The van der Waals surface area contributed by atoms with Crippen LogP contribution in [0.2, 0.25) is 0 Å². The standard InChI is InChI=1S/C9H12N2O4S/c1-4(2)6(9(14)15)11-7(13)5(8(11)16)10-3-12/h3,5,8,16H,1-2H3,(H,10,12)(H,14,15). The zero-order valence-corrected chi connectivity index (χ0v) is 9.69. The third kappa shape index (κ3) is 1.90. The Bertz CT molecular complexity index is 376. The van der Waals surface area contributed by atoms with Gasteiger partial charge in [0.2, 0.25) is 6.41 Å². The van der Waals surface area contributed by atoms with Crippen LogP contribution in [0.15, 0.2) is 11.3 Å². The number of likely N-dealkylation sites (tertiary alicyclic amines) is 1. The summed E-state index contributed by atoms with van der Waals surface area (Å²) in [5.74, 6) is -1.65. The molecule has 1 saturated heterocycles. The van der Waals surface area contributed by atoms with Crippen LogP contribution in [0, 0.1) is 0 Å². The van der Waals surface area contributed by atoms with Gasteiger partial charge in [-0.15, -0.1) is 0 Å². The summed E-state index contributed by atoms with van der Waals surface area (Å²) < 4.78 is 0. The van der Waals surface area contributed by atoms with Crippen LogP contribution >= 0.6 is 12.6 Å². The van der Waals surface area contributed by atoms with Crippen molar-refractivity contribution in [1.82, 2.24) is 10.2 Å². The predicted octanol–water partition coefficient (Wildman–Crippen LogP) is -0.422. The van der Waals surface area contributed by atoms with E-state index in [-0.39, 0.29) is 5.70 Å². The lowest BCUT2D eigenvalue weighted by molar-refractivity contribution is -0.149. The minimum Gasteiger partial charge on any atom is -0.477 e. The molecule has 1 heterocycles. The third-order valence-electron chi connectivity index (χ3n) is 2.23. The van der Waals surface area contributed by atoms with Gasteiger partial charge in [0.15, 0.2) is 0 Å². The van der Waals surface area contributed by atoms with E-state index >= 15 is 0 Å². The highest BCUT2D eigenvalue weighted by atomic mass is 32.1. The van der Waals surface area contributed by atoms with E-state index in [0.717, 1.165) is 4.90 Å². The summed E-state index contributed by atoms with van der Waals surface area (Å²) in [7, 11) is 0. The number of hydrogen-bond acceptors (Lipinski definition) is 4. The number of hydrogen-bond donors (Lipinski definition) is 3. The lowest BCUT2D eigenvalue weighted by Gasteiger charge is -2.44. The molecule has 0 spiro atoms. The molecule has 1 aliphatic rings. The number of nitrogens with zero attached hydrogens (tertiary/aromatic N) is 1. The fraction of sp³-hybridized carbons (Fsp3) is 0.444. The van der Waals surface area contributed by atoms with Gasteiger partial charge in [0.1, 0.15) is 17.1 Å². The second-order valence-corrected chi connectivity index (χ2v) is 4.07. The Morgan fingerprint density at radius 1 is 1.56 bits per heavy atom. The van der Waals surface area contributed by atoms with Crippen LogP contribution in [-0.4, -0.2) is 39.7 Å². The number of thiol groups is 1. The first kappa shape index (κ1) is 12.6. The maximum atomic E-state index is 11.6. The Hall–Kier alpha value is -1.50. The summed E-state index contributed by atoms with van der Waals surface area (Å²) in [6, 6.07) is -0.755. The first-order valence-electron chi connectivity index (χ1n) is 4.53. The number of amides is 2. The van der Waals surface area contributed by atoms with Gasteiger partial charge in [-0.1, -0.05) is 0 Å². The first-order chi connectivity index (χ1) is 7.41. The van der Waals surface area contributed by atoms with E-state index in [2.05, 4.69) is 17.9 Å². The molecule has 6 nitrogen and oxygen atoms in total. The van der Waals surface area contributed by atoms with Gasteiger partial charge in [-0.3, -0.25) is 14.5 Å². The first-order valence-corrected chi connectivity index (χ1v) is 5.05. The summed E-state index contributed by atoms with van der Waals surface area (Å²) in [4.78, 5) is 33.8. The van der Waals surface area contributed by atoms with Gasteiger partial charge in [0.05, 0.1) is 0 Å². The monoisotopic (exact) mass is 244 g/mol. The van der Waals surface area contributed by atoms with Gasteiger partial charge in [-0.25, -0.2) is 4.79 Å². The Kier molecular flexibility index (Phi) is 3.58. The van der Waals surface area contributed by atoms with Gasteiger partial charge in [0.25, 0.3) is 5.91 Å². The average Bonchev–Trinajstić information content (AvgIpc) is 2.20. The number of allylic oxidation sites excluding steroid dienone is 1. The van der Waals surface area contributed by atoms with Gasteiger partial charge in [-0.2, -0.15) is 12.6 Å². The number of carbonyl (C=O) groups is 3. The van der Waals surface area contributed by atoms with Crippen molar-refractivity contribution in [3.63, 3.8) is 0 Å². The lowest BCUT2D eigenvalue weighted by Crippen LogP contribution is -2.67. The van der Waals surface area contributed by atoms with Crippen LogP contribution in [0.3, 0.4) is 0 Å². The van der Waals surface area contributed by atoms with Crippen LogP contribution in [0.4, 0.5) is 0 Å². The Balaban J connectivity index is 2.93. The number of carboxylic acid groups (broad SMARTS) is 1. The molecule has 0 saturated carbocycles. The van der Waals surface area contributed by atoms with E-state index in [9.17, 15) is 14.4 Å². The van der Waals surface area contributed by atoms with Gasteiger partial charge in [-0.05, 0) is 19.4 Å². The molecule has 88 valence electrons. The second-order valence-electron chi connectivity index (χ2n) is 3.54. The number of carbonyl (C=O) groups excluding carboxylic acids is 2. The zero-order chi connectivity index (χ0) is 12.5. The highest BCUT2D eigenvalue weighted by Crippen LogP contribution is 2.29. The minimum absolute atomic E-state index is 0.0889. The van der Waals surface area contributed by atoms with E-state index < -0.39 is 23.3 Å². The van der Waals surface area contributed by atoms with Crippen LogP contribution < -0.4 is 5.32 Å². The Morgan fingerprint density at radius 3 is 2.44 bits per heavy atom. The topological polar surface area (TPSA) is 86.7 Å². The molecular weight excluding hydrogens is 232 g/mol. The second kappa shape index (κ2) is 4.56. The zero-order valence-electron chi connectivity index (χ0n) is 8.80. The number of nitrogens with one attached hydrogen (secondary N) is 1. The van der Waals surface area contributed by atoms with Crippen molar-refractivity contribution in [2.45, 2.75) is 25.3 Å². The molecule has 2 amide bonds. The fourth-order valence-electron chi connectivity index (χ4n) is 1.51. The summed E-state index contributed by atoms with van der Waals surface area (Å²) >= 11 is 4.08. The summed E-state index contributed by atoms with van der Waals surface area (Å²) in [6.45, 7) is 3.19. The van der Waals surface area contributed by atoms with E-state index in [0.29, 0.717) is 12.0 Å². The molecule has 0 aromatic carbocycles. The number of rotatable bonds is 4. The van der Waals surface area contributed by atoms with Crippen molar-refractivity contribution in [1.29, 1.82) is 0 Å². The van der Waals surface area contributed by atoms with Crippen LogP contribution in [0.1, 0.15) is 13.8 Å². The summed E-state index contributed by atoms with van der Waals surface area (Å²) in [5.41, 5.74) is 0.415. The van der Waals surface area contributed by atoms with Crippen molar-refractivity contribution in [2.24, 2.45) is 0 Å². The lowest BCUT2D eigenvalue weighted by atomic mass is 10.0. The quantitative estimate of drug-likeness (QED) is 0.271. The van der Waals surface area contributed by atoms with Gasteiger partial charge in [0, 0.05) is 0 Å². The molecule has 0 aromatic rings. The minimum atomic E-state index is -1.18. The van der Waals surface area contributed by atoms with Crippen molar-refractivity contribution in [3.8, 4) is 0 Å². The number of aliphatic carboxylic acids is 1. The van der Waals surface area contributed by atoms with Gasteiger partial charge < -0.3 is 10.4 Å². The maximum absolute atomic E-state index is 11.6. The van der Waals surface area contributed by atoms with E-state index in [1.54, 1.807) is 13.8 Å². The van der Waals surface area contributed by atoms with E-state index in [1.165, 1.54) is 0 Å². The van der Waals surface area contributed by atoms with Crippen molar-refractivity contribution < 1.29 is 19.5 Å². The van der Waals surface area contributed by atoms with Crippen LogP contribution in [0.5, 0.6) is 0 Å². The smallest absolute Gasteiger partial charge is 0.352 e. The fourth-order valence-corrected chi connectivity index (χ4v) is 1.95. The summed E-state index contributed by atoms with van der Waals surface area (Å²) in [6.07, 6.45) is 0.395. The predicted molar refractivity (Wildman–Crippen MR) is 58.6 cm³/mol. The Labute approximate surface area is 97.7 Å². The molecular formula is C9H12N2O4S. The van der Waals surface area contributed by atoms with Crippen molar-refractivity contribution in [2.75, 3.05) is 0 Å². The highest BCUT2D eigenvalue weighted by Gasteiger charge is 2.48. The van der Waals surface area contributed by atoms with Gasteiger partial charge >= 0.3 is 5.97 Å². The van der Waals surface area contributed by atoms with E-state index in [1.807, 2.05) is 0 Å². The largest absolute Gasteiger partial charge is 0.477 e. The molecule has 2 atom stereocenters. The normalized spacial score (nSPS) is 23.4. The van der Waals surface area contributed by atoms with Crippen LogP contribution in [-0.2, 0) is 14.4 Å². The van der Waals surface area contributed by atoms with Crippen molar-refractivity contribution >= 4 is 30.9 Å². The molecule has 0 radical (unpaired) electrons. The average molecular weight is 244 g/mol. The molecule has 0 aliphatic carbocycles. The Morgan fingerprint density at radius 2 is 2.12 bits per heavy atom. The third-order valence-corrected chi connectivity index (χ3v) is 2.76. The summed E-state index contributed by atoms with van der Waals surface area (Å²) in [5, 5.41) is 10.6. The molecule has 0 aromatic heterocycles. The molecule has 1 aliphatic heterocycles. The van der Waals surface area contributed by atoms with Crippen LogP contribution in [0.25, 0.3) is 0 Å². The molecule has 16 heavy (non-hydrogen) atoms.